The Hall–Kier alpha value is -2.06. The number of hydrogen-bond donors (Lipinski definition) is 2. The molecule has 6 nitrogen and oxygen atoms in total. The lowest BCUT2D eigenvalue weighted by atomic mass is 10.1. The third-order valence-electron chi connectivity index (χ3n) is 2.50. The SMILES string of the molecule is CN(C)C(=S)N/N=C\C(=N/NC(=S)N(C)C)c1ccccc1. The van der Waals surface area contributed by atoms with Gasteiger partial charge in [-0.1, -0.05) is 30.3 Å². The second-order valence-electron chi connectivity index (χ2n) is 4.74. The number of nitrogens with zero attached hydrogens (tertiary/aromatic N) is 4. The molecule has 0 aliphatic heterocycles. The summed E-state index contributed by atoms with van der Waals surface area (Å²) in [4.78, 5) is 3.52. The molecule has 0 aliphatic carbocycles. The Morgan fingerprint density at radius 1 is 0.955 bits per heavy atom. The van der Waals surface area contributed by atoms with Crippen molar-refractivity contribution in [3.8, 4) is 0 Å². The minimum absolute atomic E-state index is 0.513. The molecular weight excluding hydrogens is 316 g/mol. The van der Waals surface area contributed by atoms with Crippen molar-refractivity contribution in [2.24, 2.45) is 10.2 Å². The maximum Gasteiger partial charge on any atom is 0.189 e. The predicted octanol–water partition coefficient (Wildman–Crippen LogP) is 1.25. The van der Waals surface area contributed by atoms with Gasteiger partial charge < -0.3 is 9.80 Å². The van der Waals surface area contributed by atoms with Crippen LogP contribution in [0.5, 0.6) is 0 Å². The number of nitrogens with one attached hydrogen (secondary N) is 2. The topological polar surface area (TPSA) is 55.3 Å². The molecule has 22 heavy (non-hydrogen) atoms. The van der Waals surface area contributed by atoms with Gasteiger partial charge in [0.25, 0.3) is 0 Å². The van der Waals surface area contributed by atoms with Crippen LogP contribution in [-0.2, 0) is 0 Å². The molecule has 0 bridgehead atoms. The Labute approximate surface area is 141 Å². The van der Waals surface area contributed by atoms with E-state index in [1.165, 1.54) is 0 Å². The van der Waals surface area contributed by atoms with Gasteiger partial charge in [-0.05, 0) is 24.4 Å². The summed E-state index contributed by atoms with van der Waals surface area (Å²) in [6.07, 6.45) is 1.59. The highest BCUT2D eigenvalue weighted by Crippen LogP contribution is 1.99. The summed E-state index contributed by atoms with van der Waals surface area (Å²) in [5.74, 6) is 0. The zero-order valence-electron chi connectivity index (χ0n) is 13.1. The molecular formula is C14H20N6S2. The number of thiocarbonyl (C=S) groups is 2. The third kappa shape index (κ3) is 6.15. The smallest absolute Gasteiger partial charge is 0.189 e. The van der Waals surface area contributed by atoms with E-state index in [0.717, 1.165) is 5.56 Å². The summed E-state index contributed by atoms with van der Waals surface area (Å²) in [7, 11) is 7.37. The lowest BCUT2D eigenvalue weighted by Gasteiger charge is -2.13. The van der Waals surface area contributed by atoms with Gasteiger partial charge in [0, 0.05) is 33.8 Å². The molecule has 1 aromatic rings. The monoisotopic (exact) mass is 336 g/mol. The number of rotatable bonds is 4. The predicted molar refractivity (Wildman–Crippen MR) is 100 cm³/mol. The van der Waals surface area contributed by atoms with Gasteiger partial charge in [0.05, 0.1) is 6.21 Å². The maximum atomic E-state index is 5.15. The third-order valence-corrected chi connectivity index (χ3v) is 3.41. The maximum absolute atomic E-state index is 5.15. The van der Waals surface area contributed by atoms with Crippen molar-refractivity contribution in [1.82, 2.24) is 20.7 Å². The van der Waals surface area contributed by atoms with E-state index in [0.29, 0.717) is 15.9 Å². The molecule has 1 rings (SSSR count). The van der Waals surface area contributed by atoms with Gasteiger partial charge in [-0.3, -0.25) is 10.9 Å². The van der Waals surface area contributed by atoms with Crippen molar-refractivity contribution in [3.05, 3.63) is 35.9 Å². The molecule has 0 radical (unpaired) electrons. The first kappa shape index (κ1) is 18.0. The lowest BCUT2D eigenvalue weighted by Crippen LogP contribution is -2.32. The number of hydrazone groups is 2. The zero-order valence-corrected chi connectivity index (χ0v) is 14.7. The van der Waals surface area contributed by atoms with Crippen LogP contribution in [0.15, 0.2) is 40.5 Å². The van der Waals surface area contributed by atoms with E-state index < -0.39 is 0 Å². The summed E-state index contributed by atoms with van der Waals surface area (Å²) in [6, 6.07) is 9.68. The molecule has 0 aromatic heterocycles. The van der Waals surface area contributed by atoms with E-state index in [4.69, 9.17) is 24.4 Å². The molecule has 0 saturated heterocycles. The Bertz CT molecular complexity index is 566. The molecule has 0 saturated carbocycles. The average molecular weight is 336 g/mol. The minimum atomic E-state index is 0.513. The molecule has 0 fully saturated rings. The van der Waals surface area contributed by atoms with Crippen LogP contribution in [0, 0.1) is 0 Å². The lowest BCUT2D eigenvalue weighted by molar-refractivity contribution is 0.605. The van der Waals surface area contributed by atoms with E-state index in [1.807, 2.05) is 58.5 Å². The quantitative estimate of drug-likeness (QED) is 0.490. The van der Waals surface area contributed by atoms with Crippen molar-refractivity contribution in [1.29, 1.82) is 0 Å². The number of benzene rings is 1. The fraction of sp³-hybridized carbons (Fsp3) is 0.286. The zero-order chi connectivity index (χ0) is 16.5. The Morgan fingerprint density at radius 3 is 2.05 bits per heavy atom. The van der Waals surface area contributed by atoms with Gasteiger partial charge in [0.1, 0.15) is 5.71 Å². The van der Waals surface area contributed by atoms with Crippen LogP contribution < -0.4 is 10.9 Å². The Kier molecular flexibility index (Phi) is 7.41. The molecule has 0 heterocycles. The molecule has 2 N–H and O–H groups in total. The summed E-state index contributed by atoms with van der Waals surface area (Å²) in [6.45, 7) is 0. The molecule has 1 aromatic carbocycles. The van der Waals surface area contributed by atoms with Crippen LogP contribution in [0.4, 0.5) is 0 Å². The Balaban J connectivity index is 2.88. The van der Waals surface area contributed by atoms with Crippen molar-refractivity contribution < 1.29 is 0 Å². The van der Waals surface area contributed by atoms with Gasteiger partial charge in [0.2, 0.25) is 0 Å². The van der Waals surface area contributed by atoms with Gasteiger partial charge in [0.15, 0.2) is 10.2 Å². The van der Waals surface area contributed by atoms with E-state index in [9.17, 15) is 0 Å². The summed E-state index contributed by atoms with van der Waals surface area (Å²) in [5, 5.41) is 9.43. The first-order valence-corrected chi connectivity index (χ1v) is 7.34. The molecule has 118 valence electrons. The molecule has 0 aliphatic rings. The fourth-order valence-corrected chi connectivity index (χ4v) is 1.33. The Morgan fingerprint density at radius 2 is 1.50 bits per heavy atom. The molecule has 0 spiro atoms. The van der Waals surface area contributed by atoms with Crippen molar-refractivity contribution in [3.63, 3.8) is 0 Å². The van der Waals surface area contributed by atoms with E-state index >= 15 is 0 Å². The van der Waals surface area contributed by atoms with Crippen LogP contribution in [0.25, 0.3) is 0 Å². The van der Waals surface area contributed by atoms with Gasteiger partial charge in [-0.25, -0.2) is 0 Å². The van der Waals surface area contributed by atoms with Crippen LogP contribution in [-0.4, -0.2) is 60.1 Å². The van der Waals surface area contributed by atoms with Crippen LogP contribution in [0.1, 0.15) is 5.56 Å². The van der Waals surface area contributed by atoms with Crippen LogP contribution >= 0.6 is 24.4 Å². The highest BCUT2D eigenvalue weighted by molar-refractivity contribution is 7.80. The second-order valence-corrected chi connectivity index (χ2v) is 5.52. The van der Waals surface area contributed by atoms with Crippen molar-refractivity contribution >= 4 is 46.6 Å². The van der Waals surface area contributed by atoms with Crippen molar-refractivity contribution in [2.45, 2.75) is 0 Å². The largest absolute Gasteiger partial charge is 0.354 e. The van der Waals surface area contributed by atoms with E-state index in [2.05, 4.69) is 21.1 Å². The summed E-state index contributed by atoms with van der Waals surface area (Å²) < 4.78 is 0. The fourth-order valence-electron chi connectivity index (χ4n) is 1.23. The summed E-state index contributed by atoms with van der Waals surface area (Å²) in [5.41, 5.74) is 7.14. The molecule has 0 atom stereocenters. The van der Waals surface area contributed by atoms with Gasteiger partial charge in [-0.15, -0.1) is 0 Å². The normalized spacial score (nSPS) is 11.2. The minimum Gasteiger partial charge on any atom is -0.354 e. The highest BCUT2D eigenvalue weighted by Gasteiger charge is 2.02. The second kappa shape index (κ2) is 9.06. The van der Waals surface area contributed by atoms with Crippen molar-refractivity contribution in [2.75, 3.05) is 28.2 Å². The highest BCUT2D eigenvalue weighted by atomic mass is 32.1. The number of hydrogen-bond acceptors (Lipinski definition) is 4. The molecule has 0 amide bonds. The van der Waals surface area contributed by atoms with E-state index in [-0.39, 0.29) is 0 Å². The first-order chi connectivity index (χ1) is 10.4. The molecule has 0 unspecified atom stereocenters. The van der Waals surface area contributed by atoms with Gasteiger partial charge >= 0.3 is 0 Å². The standard InChI is InChI=1S/C14H20N6S2/c1-19(2)13(21)17-15-10-12(11-8-6-5-7-9-11)16-18-14(22)20(3)4/h5-10H,1-4H3,(H,17,21)(H,18,22)/b15-10-,16-12+. The average Bonchev–Trinajstić information content (AvgIpc) is 2.50. The molecule has 8 heteroatoms. The summed E-state index contributed by atoms with van der Waals surface area (Å²) >= 11 is 10.3. The van der Waals surface area contributed by atoms with Crippen LogP contribution in [0.2, 0.25) is 0 Å². The van der Waals surface area contributed by atoms with Crippen LogP contribution in [0.3, 0.4) is 0 Å². The first-order valence-electron chi connectivity index (χ1n) is 6.52. The van der Waals surface area contributed by atoms with E-state index in [1.54, 1.807) is 16.0 Å². The van der Waals surface area contributed by atoms with Gasteiger partial charge in [-0.2, -0.15) is 10.2 Å².